The van der Waals surface area contributed by atoms with Crippen LogP contribution in [0.25, 0.3) is 10.6 Å². The highest BCUT2D eigenvalue weighted by atomic mass is 79.9. The summed E-state index contributed by atoms with van der Waals surface area (Å²) in [6.45, 7) is 3.80. The third-order valence-corrected chi connectivity index (χ3v) is 3.77. The second-order valence-corrected chi connectivity index (χ2v) is 5.94. The van der Waals surface area contributed by atoms with Crippen LogP contribution in [0.5, 0.6) is 0 Å². The first-order valence-electron chi connectivity index (χ1n) is 4.83. The van der Waals surface area contributed by atoms with Crippen LogP contribution in [0.3, 0.4) is 0 Å². The lowest BCUT2D eigenvalue weighted by atomic mass is 10.1. The van der Waals surface area contributed by atoms with E-state index in [-0.39, 0.29) is 0 Å². The number of hydrogen-bond acceptors (Lipinski definition) is 4. The zero-order chi connectivity index (χ0) is 11.8. The van der Waals surface area contributed by atoms with E-state index >= 15 is 0 Å². The Kier molecular flexibility index (Phi) is 3.10. The number of halogens is 1. The zero-order valence-electron chi connectivity index (χ0n) is 9.07. The van der Waals surface area contributed by atoms with Crippen LogP contribution >= 0.6 is 27.3 Å². The fourth-order valence-corrected chi connectivity index (χ4v) is 2.65. The number of rotatable bonds is 2. The maximum Gasteiger partial charge on any atom is 0.148 e. The van der Waals surface area contributed by atoms with Crippen LogP contribution in [0.4, 0.5) is 0 Å². The Bertz CT molecular complexity index is 502. The van der Waals surface area contributed by atoms with Gasteiger partial charge in [-0.05, 0) is 41.9 Å². The molecular formula is C11H12BrN3S. The molecular weight excluding hydrogens is 286 g/mol. The van der Waals surface area contributed by atoms with E-state index in [4.69, 9.17) is 5.73 Å². The number of hydrogen-bond donors (Lipinski definition) is 1. The lowest BCUT2D eigenvalue weighted by molar-refractivity contribution is 0.514. The van der Waals surface area contributed by atoms with Crippen molar-refractivity contribution >= 4 is 27.3 Å². The quantitative estimate of drug-likeness (QED) is 0.926. The van der Waals surface area contributed by atoms with Gasteiger partial charge in [-0.1, -0.05) is 0 Å². The van der Waals surface area contributed by atoms with Gasteiger partial charge in [0.1, 0.15) is 5.82 Å². The first-order valence-corrected chi connectivity index (χ1v) is 6.51. The molecule has 0 aliphatic heterocycles. The van der Waals surface area contributed by atoms with Gasteiger partial charge in [-0.15, -0.1) is 11.3 Å². The van der Waals surface area contributed by atoms with Crippen LogP contribution in [0.2, 0.25) is 0 Å². The molecule has 2 heterocycles. The molecule has 0 aliphatic carbocycles. The Morgan fingerprint density at radius 3 is 2.75 bits per heavy atom. The first kappa shape index (κ1) is 11.7. The van der Waals surface area contributed by atoms with Crippen molar-refractivity contribution in [3.63, 3.8) is 0 Å². The lowest BCUT2D eigenvalue weighted by Crippen LogP contribution is -2.31. The molecule has 16 heavy (non-hydrogen) atoms. The monoisotopic (exact) mass is 297 g/mol. The molecule has 0 unspecified atom stereocenters. The smallest absolute Gasteiger partial charge is 0.148 e. The van der Waals surface area contributed by atoms with E-state index in [1.165, 1.54) is 0 Å². The fourth-order valence-electron chi connectivity index (χ4n) is 1.25. The minimum atomic E-state index is -0.509. The summed E-state index contributed by atoms with van der Waals surface area (Å²) in [6, 6.07) is 3.94. The van der Waals surface area contributed by atoms with Crippen molar-refractivity contribution < 1.29 is 0 Å². The zero-order valence-corrected chi connectivity index (χ0v) is 11.5. The third kappa shape index (κ3) is 2.48. The molecule has 0 atom stereocenters. The van der Waals surface area contributed by atoms with Gasteiger partial charge in [0.05, 0.1) is 16.1 Å². The summed E-state index contributed by atoms with van der Waals surface area (Å²) in [5.74, 6) is 0.662. The Labute approximate surface area is 107 Å². The molecule has 0 saturated heterocycles. The molecule has 3 nitrogen and oxygen atoms in total. The van der Waals surface area contributed by atoms with Gasteiger partial charge >= 0.3 is 0 Å². The van der Waals surface area contributed by atoms with Crippen molar-refractivity contribution in [1.82, 2.24) is 9.97 Å². The van der Waals surface area contributed by atoms with Crippen molar-refractivity contribution in [1.29, 1.82) is 0 Å². The van der Waals surface area contributed by atoms with Crippen molar-refractivity contribution in [2.24, 2.45) is 5.73 Å². The Hall–Kier alpha value is -0.780. The highest BCUT2D eigenvalue weighted by Crippen LogP contribution is 2.28. The van der Waals surface area contributed by atoms with Crippen LogP contribution in [0.1, 0.15) is 19.7 Å². The summed E-state index contributed by atoms with van der Waals surface area (Å²) in [4.78, 5) is 9.79. The van der Waals surface area contributed by atoms with Crippen LogP contribution in [-0.2, 0) is 5.54 Å². The normalized spacial score (nSPS) is 11.8. The molecule has 2 aromatic heterocycles. The van der Waals surface area contributed by atoms with Gasteiger partial charge in [-0.3, -0.25) is 0 Å². The maximum atomic E-state index is 5.98. The summed E-state index contributed by atoms with van der Waals surface area (Å²) in [5, 5.41) is 2.03. The second kappa shape index (κ2) is 4.24. The molecule has 84 valence electrons. The predicted octanol–water partition coefficient (Wildman–Crippen LogP) is 3.16. The standard InChI is InChI=1S/C11H12BrN3S/c1-11(2,13)10-14-4-3-8(15-10)9-5-7(12)6-16-9/h3-6H,13H2,1-2H3. The van der Waals surface area contributed by atoms with Crippen LogP contribution in [-0.4, -0.2) is 9.97 Å². The van der Waals surface area contributed by atoms with Gasteiger partial charge in [-0.25, -0.2) is 9.97 Å². The van der Waals surface area contributed by atoms with Crippen LogP contribution < -0.4 is 5.73 Å². The summed E-state index contributed by atoms with van der Waals surface area (Å²) < 4.78 is 1.07. The molecule has 2 N–H and O–H groups in total. The topological polar surface area (TPSA) is 51.8 Å². The lowest BCUT2D eigenvalue weighted by Gasteiger charge is -2.16. The van der Waals surface area contributed by atoms with E-state index in [2.05, 4.69) is 25.9 Å². The van der Waals surface area contributed by atoms with Crippen molar-refractivity contribution in [3.8, 4) is 10.6 Å². The van der Waals surface area contributed by atoms with E-state index in [1.807, 2.05) is 31.4 Å². The molecule has 0 radical (unpaired) electrons. The summed E-state index contributed by atoms with van der Waals surface area (Å²) in [5.41, 5.74) is 6.38. The number of nitrogens with two attached hydrogens (primary N) is 1. The van der Waals surface area contributed by atoms with Crippen molar-refractivity contribution in [2.75, 3.05) is 0 Å². The molecule has 0 bridgehead atoms. The Balaban J connectivity index is 2.44. The van der Waals surface area contributed by atoms with Crippen molar-refractivity contribution in [3.05, 3.63) is 34.0 Å². The highest BCUT2D eigenvalue weighted by molar-refractivity contribution is 9.10. The largest absolute Gasteiger partial charge is 0.319 e. The number of thiophene rings is 1. The van der Waals surface area contributed by atoms with Gasteiger partial charge in [0.2, 0.25) is 0 Å². The number of nitrogens with zero attached hydrogens (tertiary/aromatic N) is 2. The van der Waals surface area contributed by atoms with Gasteiger partial charge in [0.25, 0.3) is 0 Å². The maximum absolute atomic E-state index is 5.98. The van der Waals surface area contributed by atoms with Gasteiger partial charge in [0, 0.05) is 16.0 Å². The van der Waals surface area contributed by atoms with E-state index in [9.17, 15) is 0 Å². The van der Waals surface area contributed by atoms with Gasteiger partial charge in [0.15, 0.2) is 0 Å². The average molecular weight is 298 g/mol. The minimum Gasteiger partial charge on any atom is -0.319 e. The van der Waals surface area contributed by atoms with Crippen LogP contribution in [0, 0.1) is 0 Å². The minimum absolute atomic E-state index is 0.509. The van der Waals surface area contributed by atoms with E-state index in [0.29, 0.717) is 5.82 Å². The molecule has 0 amide bonds. The van der Waals surface area contributed by atoms with Gasteiger partial charge in [-0.2, -0.15) is 0 Å². The summed E-state index contributed by atoms with van der Waals surface area (Å²) in [7, 11) is 0. The fraction of sp³-hybridized carbons (Fsp3) is 0.273. The first-order chi connectivity index (χ1) is 7.47. The van der Waals surface area contributed by atoms with E-state index in [1.54, 1.807) is 17.5 Å². The Morgan fingerprint density at radius 1 is 1.44 bits per heavy atom. The summed E-state index contributed by atoms with van der Waals surface area (Å²) >= 11 is 5.07. The molecule has 0 aromatic carbocycles. The Morgan fingerprint density at radius 2 is 2.19 bits per heavy atom. The molecule has 2 rings (SSSR count). The molecule has 0 saturated carbocycles. The van der Waals surface area contributed by atoms with Crippen LogP contribution in [0.15, 0.2) is 28.2 Å². The second-order valence-electron chi connectivity index (χ2n) is 4.12. The summed E-state index contributed by atoms with van der Waals surface area (Å²) in [6.07, 6.45) is 1.75. The van der Waals surface area contributed by atoms with E-state index < -0.39 is 5.54 Å². The SMILES string of the molecule is CC(C)(N)c1nccc(-c2cc(Br)cs2)n1. The van der Waals surface area contributed by atoms with Crippen molar-refractivity contribution in [2.45, 2.75) is 19.4 Å². The third-order valence-electron chi connectivity index (χ3n) is 2.05. The molecule has 5 heteroatoms. The molecule has 2 aromatic rings. The predicted molar refractivity (Wildman–Crippen MR) is 70.3 cm³/mol. The number of aromatic nitrogens is 2. The van der Waals surface area contributed by atoms with E-state index in [0.717, 1.165) is 15.0 Å². The highest BCUT2D eigenvalue weighted by Gasteiger charge is 2.18. The molecule has 0 fully saturated rings. The molecule has 0 aliphatic rings. The van der Waals surface area contributed by atoms with Gasteiger partial charge < -0.3 is 5.73 Å². The average Bonchev–Trinajstić information content (AvgIpc) is 2.64. The molecule has 0 spiro atoms.